The lowest BCUT2D eigenvalue weighted by Gasteiger charge is -2.23. The highest BCUT2D eigenvalue weighted by Gasteiger charge is 2.22. The Labute approximate surface area is 135 Å². The van der Waals surface area contributed by atoms with Crippen molar-refractivity contribution in [3.8, 4) is 0 Å². The van der Waals surface area contributed by atoms with Gasteiger partial charge in [-0.2, -0.15) is 0 Å². The molecular weight excluding hydrogens is 293 g/mol. The van der Waals surface area contributed by atoms with Gasteiger partial charge < -0.3 is 9.80 Å². The van der Waals surface area contributed by atoms with E-state index >= 15 is 0 Å². The van der Waals surface area contributed by atoms with Crippen molar-refractivity contribution in [3.05, 3.63) is 59.5 Å². The molecule has 0 bridgehead atoms. The molecule has 3 rings (SSSR count). The van der Waals surface area contributed by atoms with E-state index in [1.807, 2.05) is 6.07 Å². The largest absolute Gasteiger partial charge is 0.356 e. The van der Waals surface area contributed by atoms with Crippen LogP contribution in [0.1, 0.15) is 28.8 Å². The number of carbonyl (C=O) groups is 1. The summed E-state index contributed by atoms with van der Waals surface area (Å²) < 4.78 is 13.0. The van der Waals surface area contributed by atoms with E-state index in [0.717, 1.165) is 37.3 Å². The highest BCUT2D eigenvalue weighted by molar-refractivity contribution is 5.98. The maximum absolute atomic E-state index is 13.0. The van der Waals surface area contributed by atoms with Crippen molar-refractivity contribution < 1.29 is 9.18 Å². The van der Waals surface area contributed by atoms with Crippen LogP contribution in [0.4, 0.5) is 10.2 Å². The van der Waals surface area contributed by atoms with Crippen LogP contribution in [0, 0.1) is 5.82 Å². The number of pyridine rings is 1. The minimum atomic E-state index is -0.272. The fraction of sp³-hybridized carbons (Fsp3) is 0.333. The molecule has 2 heterocycles. The molecule has 1 amide bonds. The molecule has 4 nitrogen and oxygen atoms in total. The molecule has 0 atom stereocenters. The van der Waals surface area contributed by atoms with Gasteiger partial charge >= 0.3 is 0 Å². The van der Waals surface area contributed by atoms with Crippen LogP contribution in [-0.4, -0.2) is 35.9 Å². The van der Waals surface area contributed by atoms with Crippen molar-refractivity contribution in [2.75, 3.05) is 25.0 Å². The standard InChI is InChI=1S/C18H20FN3O/c1-21(13-14-6-8-15(19)9-7-14)18(23)16-5-4-10-20-17(16)22-11-2-3-12-22/h4-10H,2-3,11-13H2,1H3. The Balaban J connectivity index is 1.78. The van der Waals surface area contributed by atoms with Gasteiger partial charge in [-0.3, -0.25) is 4.79 Å². The summed E-state index contributed by atoms with van der Waals surface area (Å²) in [4.78, 5) is 21.0. The first-order valence-corrected chi connectivity index (χ1v) is 7.85. The third-order valence-electron chi connectivity index (χ3n) is 4.10. The second-order valence-corrected chi connectivity index (χ2v) is 5.86. The van der Waals surface area contributed by atoms with Crippen LogP contribution < -0.4 is 4.90 Å². The van der Waals surface area contributed by atoms with Gasteiger partial charge in [0.2, 0.25) is 0 Å². The molecular formula is C18H20FN3O. The molecule has 2 aromatic rings. The first-order chi connectivity index (χ1) is 11.1. The van der Waals surface area contributed by atoms with E-state index in [1.54, 1.807) is 36.3 Å². The number of carbonyl (C=O) groups excluding carboxylic acids is 1. The normalized spacial score (nSPS) is 14.1. The van der Waals surface area contributed by atoms with Crippen molar-refractivity contribution in [1.82, 2.24) is 9.88 Å². The molecule has 1 aromatic heterocycles. The summed E-state index contributed by atoms with van der Waals surface area (Å²) in [6, 6.07) is 9.83. The summed E-state index contributed by atoms with van der Waals surface area (Å²) in [6.45, 7) is 2.32. The van der Waals surface area contributed by atoms with E-state index in [4.69, 9.17) is 0 Å². The highest BCUT2D eigenvalue weighted by atomic mass is 19.1. The van der Waals surface area contributed by atoms with Gasteiger partial charge in [-0.15, -0.1) is 0 Å². The third kappa shape index (κ3) is 3.50. The fourth-order valence-electron chi connectivity index (χ4n) is 2.89. The van der Waals surface area contributed by atoms with E-state index in [-0.39, 0.29) is 11.7 Å². The zero-order chi connectivity index (χ0) is 16.2. The number of anilines is 1. The summed E-state index contributed by atoms with van der Waals surface area (Å²) in [7, 11) is 1.76. The lowest BCUT2D eigenvalue weighted by atomic mass is 10.1. The predicted molar refractivity (Wildman–Crippen MR) is 87.9 cm³/mol. The van der Waals surface area contributed by atoms with Crippen molar-refractivity contribution in [1.29, 1.82) is 0 Å². The first kappa shape index (κ1) is 15.5. The molecule has 1 saturated heterocycles. The first-order valence-electron chi connectivity index (χ1n) is 7.85. The van der Waals surface area contributed by atoms with Gasteiger partial charge in [-0.05, 0) is 42.7 Å². The second-order valence-electron chi connectivity index (χ2n) is 5.86. The zero-order valence-corrected chi connectivity index (χ0v) is 13.2. The molecule has 120 valence electrons. The number of amides is 1. The lowest BCUT2D eigenvalue weighted by Crippen LogP contribution is -2.29. The summed E-state index contributed by atoms with van der Waals surface area (Å²) in [5.74, 6) is 0.427. The number of rotatable bonds is 4. The van der Waals surface area contributed by atoms with Gasteiger partial charge in [0.05, 0.1) is 5.56 Å². The fourth-order valence-corrected chi connectivity index (χ4v) is 2.89. The predicted octanol–water partition coefficient (Wildman–Crippen LogP) is 3.09. The van der Waals surface area contributed by atoms with Gasteiger partial charge in [0.25, 0.3) is 5.91 Å². The topological polar surface area (TPSA) is 36.4 Å². The molecule has 1 fully saturated rings. The number of benzene rings is 1. The van der Waals surface area contributed by atoms with Crippen LogP contribution >= 0.6 is 0 Å². The Morgan fingerprint density at radius 3 is 2.61 bits per heavy atom. The number of halogens is 1. The van der Waals surface area contributed by atoms with Crippen molar-refractivity contribution >= 4 is 11.7 Å². The maximum atomic E-state index is 13.0. The van der Waals surface area contributed by atoms with Gasteiger partial charge in [0.1, 0.15) is 11.6 Å². The van der Waals surface area contributed by atoms with Crippen LogP contribution in [-0.2, 0) is 6.54 Å². The van der Waals surface area contributed by atoms with Gasteiger partial charge in [0, 0.05) is 32.9 Å². The second kappa shape index (κ2) is 6.77. The molecule has 23 heavy (non-hydrogen) atoms. The maximum Gasteiger partial charge on any atom is 0.257 e. The third-order valence-corrected chi connectivity index (χ3v) is 4.10. The summed E-state index contributed by atoms with van der Waals surface area (Å²) in [5.41, 5.74) is 1.52. The molecule has 0 N–H and O–H groups in total. The monoisotopic (exact) mass is 313 g/mol. The van der Waals surface area contributed by atoms with Crippen LogP contribution in [0.25, 0.3) is 0 Å². The Hall–Kier alpha value is -2.43. The Morgan fingerprint density at radius 2 is 1.91 bits per heavy atom. The molecule has 0 aliphatic carbocycles. The van der Waals surface area contributed by atoms with E-state index in [0.29, 0.717) is 12.1 Å². The Kier molecular flexibility index (Phi) is 4.55. The summed E-state index contributed by atoms with van der Waals surface area (Å²) in [5, 5.41) is 0. The summed E-state index contributed by atoms with van der Waals surface area (Å²) >= 11 is 0. The number of aromatic nitrogens is 1. The van der Waals surface area contributed by atoms with E-state index in [9.17, 15) is 9.18 Å². The van der Waals surface area contributed by atoms with Crippen LogP contribution in [0.5, 0.6) is 0 Å². The average molecular weight is 313 g/mol. The smallest absolute Gasteiger partial charge is 0.257 e. The molecule has 1 aliphatic heterocycles. The molecule has 5 heteroatoms. The highest BCUT2D eigenvalue weighted by Crippen LogP contribution is 2.23. The molecule has 0 saturated carbocycles. The van der Waals surface area contributed by atoms with Crippen molar-refractivity contribution in [3.63, 3.8) is 0 Å². The number of hydrogen-bond donors (Lipinski definition) is 0. The molecule has 1 aliphatic rings. The number of hydrogen-bond acceptors (Lipinski definition) is 3. The van der Waals surface area contributed by atoms with Crippen LogP contribution in [0.15, 0.2) is 42.6 Å². The Bertz CT molecular complexity index is 681. The molecule has 0 spiro atoms. The summed E-state index contributed by atoms with van der Waals surface area (Å²) in [6.07, 6.45) is 4.00. The average Bonchev–Trinajstić information content (AvgIpc) is 3.10. The quantitative estimate of drug-likeness (QED) is 0.870. The molecule has 1 aromatic carbocycles. The zero-order valence-electron chi connectivity index (χ0n) is 13.2. The minimum absolute atomic E-state index is 0.0654. The van der Waals surface area contributed by atoms with E-state index < -0.39 is 0 Å². The SMILES string of the molecule is CN(Cc1ccc(F)cc1)C(=O)c1cccnc1N1CCCC1. The van der Waals surface area contributed by atoms with Crippen LogP contribution in [0.3, 0.4) is 0 Å². The van der Waals surface area contributed by atoms with Crippen molar-refractivity contribution in [2.24, 2.45) is 0 Å². The van der Waals surface area contributed by atoms with Gasteiger partial charge in [-0.25, -0.2) is 9.37 Å². The lowest BCUT2D eigenvalue weighted by molar-refractivity contribution is 0.0785. The van der Waals surface area contributed by atoms with Gasteiger partial charge in [0.15, 0.2) is 0 Å². The van der Waals surface area contributed by atoms with Crippen molar-refractivity contribution in [2.45, 2.75) is 19.4 Å². The van der Waals surface area contributed by atoms with Gasteiger partial charge in [-0.1, -0.05) is 12.1 Å². The van der Waals surface area contributed by atoms with E-state index in [1.165, 1.54) is 12.1 Å². The van der Waals surface area contributed by atoms with Crippen LogP contribution in [0.2, 0.25) is 0 Å². The Morgan fingerprint density at radius 1 is 1.22 bits per heavy atom. The van der Waals surface area contributed by atoms with E-state index in [2.05, 4.69) is 9.88 Å². The minimum Gasteiger partial charge on any atom is -0.356 e. The number of nitrogens with zero attached hydrogens (tertiary/aromatic N) is 3. The molecule has 0 unspecified atom stereocenters. The molecule has 0 radical (unpaired) electrons.